The maximum absolute atomic E-state index is 14.1. The Balaban J connectivity index is 1.19. The van der Waals surface area contributed by atoms with E-state index in [9.17, 15) is 23.2 Å². The van der Waals surface area contributed by atoms with E-state index < -0.39 is 36.6 Å². The molecule has 8 rings (SSSR count). The fourth-order valence-corrected chi connectivity index (χ4v) is 7.66. The molecule has 4 aromatic rings. The number of ether oxygens (including phenoxy) is 4. The summed E-state index contributed by atoms with van der Waals surface area (Å²) in [7, 11) is 0. The molecule has 1 aromatic heterocycles. The molecule has 15 heteroatoms. The monoisotopic (exact) mass is 809 g/mol. The van der Waals surface area contributed by atoms with Crippen molar-refractivity contribution in [2.24, 2.45) is 17.6 Å². The second kappa shape index (κ2) is 17.4. The smallest absolute Gasteiger partial charge is 0.387 e. The van der Waals surface area contributed by atoms with Crippen LogP contribution in [0.25, 0.3) is 0 Å². The minimum Gasteiger partial charge on any atom is -0.489 e. The molecule has 3 atom stereocenters. The van der Waals surface area contributed by atoms with Crippen LogP contribution in [0, 0.1) is 11.8 Å². The highest BCUT2D eigenvalue weighted by Gasteiger charge is 2.38. The minimum absolute atomic E-state index is 0.0231. The van der Waals surface area contributed by atoms with E-state index in [4.69, 9.17) is 47.9 Å². The number of esters is 2. The minimum atomic E-state index is -3.10. The first-order valence-corrected chi connectivity index (χ1v) is 19.2. The van der Waals surface area contributed by atoms with Crippen molar-refractivity contribution in [1.29, 1.82) is 0 Å². The van der Waals surface area contributed by atoms with E-state index >= 15 is 0 Å². The van der Waals surface area contributed by atoms with Crippen LogP contribution in [0.4, 0.5) is 14.5 Å². The second-order valence-electron chi connectivity index (χ2n) is 14.3. The fraction of sp³-hybridized carbons (Fsp3) is 0.366. The normalized spacial score (nSPS) is 19.8. The lowest BCUT2D eigenvalue weighted by molar-refractivity contribution is -0.377. The van der Waals surface area contributed by atoms with E-state index in [0.29, 0.717) is 35.8 Å². The van der Waals surface area contributed by atoms with Gasteiger partial charge in [-0.15, -0.1) is 0 Å². The van der Waals surface area contributed by atoms with E-state index in [0.717, 1.165) is 38.8 Å². The topological polar surface area (TPSA) is 144 Å². The quantitative estimate of drug-likeness (QED) is 0.112. The molecule has 294 valence electrons. The number of aromatic amines is 1. The van der Waals surface area contributed by atoms with Crippen LogP contribution < -0.4 is 25.5 Å². The molecule has 1 saturated carbocycles. The van der Waals surface area contributed by atoms with Crippen molar-refractivity contribution in [1.82, 2.24) is 4.90 Å². The number of piperidine rings is 3. The van der Waals surface area contributed by atoms with E-state index in [1.165, 1.54) is 48.8 Å². The summed E-state index contributed by atoms with van der Waals surface area (Å²) >= 11 is 13.0. The predicted molar refractivity (Wildman–Crippen MR) is 203 cm³/mol. The van der Waals surface area contributed by atoms with Gasteiger partial charge in [-0.25, -0.2) is 14.6 Å². The van der Waals surface area contributed by atoms with Gasteiger partial charge < -0.3 is 30.0 Å². The lowest BCUT2D eigenvalue weighted by Gasteiger charge is -2.44. The molecule has 1 amide bonds. The molecule has 1 aliphatic carbocycles. The molecular weight excluding hydrogens is 769 g/mol. The number of hydrogen-bond donors (Lipinski definition) is 2. The van der Waals surface area contributed by atoms with Gasteiger partial charge in [0.25, 0.3) is 0 Å². The van der Waals surface area contributed by atoms with Crippen molar-refractivity contribution in [3.05, 3.63) is 117 Å². The van der Waals surface area contributed by atoms with Crippen LogP contribution in [0.1, 0.15) is 75.2 Å². The van der Waals surface area contributed by atoms with Crippen LogP contribution in [0.3, 0.4) is 0 Å². The lowest BCUT2D eigenvalue weighted by atomic mass is 9.86. The molecule has 3 aliphatic heterocycles. The second-order valence-corrected chi connectivity index (χ2v) is 15.1. The van der Waals surface area contributed by atoms with Crippen LogP contribution in [0.2, 0.25) is 10.0 Å². The highest BCUT2D eigenvalue weighted by molar-refractivity contribution is 6.35. The number of primary amides is 1. The highest BCUT2D eigenvalue weighted by atomic mass is 35.5. The summed E-state index contributed by atoms with van der Waals surface area (Å²) in [5.41, 5.74) is 7.31. The number of alkyl halides is 2. The average Bonchev–Trinajstić information content (AvgIpc) is 4.03. The summed E-state index contributed by atoms with van der Waals surface area (Å²) in [4.78, 5) is 45.8. The van der Waals surface area contributed by atoms with Gasteiger partial charge in [-0.3, -0.25) is 9.69 Å². The molecule has 3 aromatic carbocycles. The van der Waals surface area contributed by atoms with Gasteiger partial charge in [-0.2, -0.15) is 8.78 Å². The third kappa shape index (κ3) is 9.69. The summed E-state index contributed by atoms with van der Waals surface area (Å²) < 4.78 is 49.5. The zero-order valence-corrected chi connectivity index (χ0v) is 31.7. The van der Waals surface area contributed by atoms with E-state index in [1.807, 2.05) is 6.07 Å². The number of rotatable bonds is 16. The zero-order chi connectivity index (χ0) is 39.3. The van der Waals surface area contributed by atoms with E-state index in [2.05, 4.69) is 15.2 Å². The Hall–Kier alpha value is -4.98. The molecule has 4 aliphatic rings. The molecular formula is C41H41Cl2F2N4O7+. The fourth-order valence-electron chi connectivity index (χ4n) is 7.13. The van der Waals surface area contributed by atoms with Crippen molar-refractivity contribution in [2.45, 2.75) is 57.0 Å². The number of benzene rings is 3. The number of halogens is 4. The van der Waals surface area contributed by atoms with Gasteiger partial charge in [0.15, 0.2) is 29.9 Å². The third-order valence-corrected chi connectivity index (χ3v) is 11.0. The molecule has 4 heterocycles. The van der Waals surface area contributed by atoms with E-state index in [-0.39, 0.29) is 56.8 Å². The molecule has 4 N–H and O–H groups in total. The number of nitrogens with one attached hydrogen (secondary N) is 2. The summed E-state index contributed by atoms with van der Waals surface area (Å²) in [6, 6.07) is 16.5. The number of amides is 1. The maximum atomic E-state index is 14.1. The standard InChI is InChI=1S/C41H40Cl2F2N4O7/c42-31-19-47-20-32(43)30(31)18-34(26-8-9-33(56-41(44)45)35(17-26)53-22-23-6-7-23)54-39(51)28-14-27(38(46)50)15-29(16-28)48-37(25-4-2-1-3-5-25)40(52)55-36-21-49-12-10-24(36)11-13-49/h1-5,8-9,14-17,19-20,23-24,34,36-37,41,48H,6-7,10-13,18,21-22H2,(H2,46,50)/p+1/t34-,36-,37?/m0/s1. The first-order valence-electron chi connectivity index (χ1n) is 18.5. The highest BCUT2D eigenvalue weighted by Crippen LogP contribution is 2.38. The van der Waals surface area contributed by atoms with Crippen molar-refractivity contribution in [3.8, 4) is 11.5 Å². The number of H-pyrrole nitrogens is 1. The SMILES string of the molecule is NC(=O)c1cc(NC(C(=O)O[C@H]2CN3CCC2CC3)c2ccccc2)cc(C(=O)O[C@@H](Cc2c(Cl)c[nH+]cc2Cl)c2ccc(OC(F)F)c(OCC3CC3)c2)c1. The Morgan fingerprint density at radius 3 is 2.25 bits per heavy atom. The van der Waals surface area contributed by atoms with Crippen LogP contribution >= 0.6 is 23.2 Å². The number of carbonyl (C=O) groups is 3. The van der Waals surface area contributed by atoms with Gasteiger partial charge in [0.05, 0.1) is 12.2 Å². The van der Waals surface area contributed by atoms with Gasteiger partial charge in [0.1, 0.15) is 22.3 Å². The van der Waals surface area contributed by atoms with Gasteiger partial charge in [0.2, 0.25) is 5.91 Å². The van der Waals surface area contributed by atoms with E-state index in [1.54, 1.807) is 24.3 Å². The average molecular weight is 811 g/mol. The summed E-state index contributed by atoms with van der Waals surface area (Å²) in [5.74, 6) is -1.74. The summed E-state index contributed by atoms with van der Waals surface area (Å²) in [6.07, 6.45) is 5.49. The van der Waals surface area contributed by atoms with Crippen molar-refractivity contribution in [3.63, 3.8) is 0 Å². The Morgan fingerprint density at radius 2 is 1.61 bits per heavy atom. The maximum Gasteiger partial charge on any atom is 0.387 e. The lowest BCUT2D eigenvalue weighted by Crippen LogP contribution is -2.52. The first-order chi connectivity index (χ1) is 27.0. The van der Waals surface area contributed by atoms with Crippen LogP contribution in [-0.4, -0.2) is 61.7 Å². The van der Waals surface area contributed by atoms with Gasteiger partial charge >= 0.3 is 18.6 Å². The number of nitrogens with two attached hydrogens (primary N) is 1. The number of pyridine rings is 1. The Bertz CT molecular complexity index is 2040. The summed E-state index contributed by atoms with van der Waals surface area (Å²) in [5, 5.41) is 3.71. The first kappa shape index (κ1) is 39.3. The predicted octanol–water partition coefficient (Wildman–Crippen LogP) is 7.23. The van der Waals surface area contributed by atoms with Crippen LogP contribution in [-0.2, 0) is 20.7 Å². The number of aromatic nitrogens is 1. The van der Waals surface area contributed by atoms with Gasteiger partial charge in [-0.1, -0.05) is 59.6 Å². The largest absolute Gasteiger partial charge is 0.489 e. The molecule has 56 heavy (non-hydrogen) atoms. The van der Waals surface area contributed by atoms with Crippen molar-refractivity contribution >= 4 is 46.7 Å². The van der Waals surface area contributed by atoms with Gasteiger partial charge in [0, 0.05) is 29.8 Å². The zero-order valence-electron chi connectivity index (χ0n) is 30.2. The number of hydrogen-bond acceptors (Lipinski definition) is 9. The van der Waals surface area contributed by atoms with Gasteiger partial charge in [-0.05, 0) is 92.1 Å². The Morgan fingerprint density at radius 1 is 0.893 bits per heavy atom. The molecule has 11 nitrogen and oxygen atoms in total. The molecule has 0 spiro atoms. The third-order valence-electron chi connectivity index (χ3n) is 10.4. The Kier molecular flexibility index (Phi) is 12.2. The van der Waals surface area contributed by atoms with Crippen LogP contribution in [0.5, 0.6) is 11.5 Å². The molecule has 1 unspecified atom stereocenters. The Labute approximate surface area is 332 Å². The van der Waals surface area contributed by atoms with Crippen molar-refractivity contribution < 1.29 is 47.1 Å². The number of carbonyl (C=O) groups excluding carboxylic acids is 3. The number of fused-ring (bicyclic) bond motifs is 3. The molecule has 0 radical (unpaired) electrons. The summed E-state index contributed by atoms with van der Waals surface area (Å²) in [6.45, 7) is -0.167. The van der Waals surface area contributed by atoms with Crippen LogP contribution in [0.15, 0.2) is 79.1 Å². The van der Waals surface area contributed by atoms with Crippen molar-refractivity contribution in [2.75, 3.05) is 31.6 Å². The molecule has 4 fully saturated rings. The molecule has 3 saturated heterocycles. The number of anilines is 1. The number of nitrogens with zero attached hydrogens (tertiary/aromatic N) is 1. The molecule has 2 bridgehead atoms.